The average Bonchev–Trinajstić information content (AvgIpc) is 3.07. The Balaban J connectivity index is 1.41. The summed E-state index contributed by atoms with van der Waals surface area (Å²) in [6, 6.07) is 7.78. The van der Waals surface area contributed by atoms with E-state index in [2.05, 4.69) is 41.4 Å². The number of allylic oxidation sites excluding steroid dienone is 2. The van der Waals surface area contributed by atoms with Crippen molar-refractivity contribution in [2.24, 2.45) is 17.3 Å². The maximum Gasteiger partial charge on any atom is 0.227 e. The molecule has 168 valence electrons. The second kappa shape index (κ2) is 9.15. The quantitative estimate of drug-likeness (QED) is 0.633. The van der Waals surface area contributed by atoms with Gasteiger partial charge in [-0.15, -0.1) is 0 Å². The molecule has 1 aromatic heterocycles. The van der Waals surface area contributed by atoms with E-state index in [-0.39, 0.29) is 11.8 Å². The first kappa shape index (κ1) is 22.1. The molecule has 2 amide bonds. The summed E-state index contributed by atoms with van der Waals surface area (Å²) in [4.78, 5) is 31.5. The third kappa shape index (κ3) is 5.01. The van der Waals surface area contributed by atoms with Crippen molar-refractivity contribution in [3.05, 3.63) is 46.7 Å². The van der Waals surface area contributed by atoms with Crippen molar-refractivity contribution < 1.29 is 9.59 Å². The fraction of sp³-hybridized carbons (Fsp3) is 0.423. The van der Waals surface area contributed by atoms with Crippen LogP contribution in [0.4, 0.5) is 5.69 Å². The lowest BCUT2D eigenvalue weighted by Gasteiger charge is -2.36. The number of H-pyrrole nitrogens is 1. The lowest BCUT2D eigenvalue weighted by atomic mass is 9.69. The molecule has 1 aromatic carbocycles. The largest absolute Gasteiger partial charge is 0.338 e. The normalized spacial score (nSPS) is 20.7. The smallest absolute Gasteiger partial charge is 0.227 e. The molecule has 0 bridgehead atoms. The topological polar surface area (TPSA) is 86.9 Å². The van der Waals surface area contributed by atoms with E-state index in [4.69, 9.17) is 0 Å². The molecule has 1 fully saturated rings. The zero-order valence-electron chi connectivity index (χ0n) is 19.1. The number of amides is 2. The monoisotopic (exact) mass is 432 g/mol. The minimum absolute atomic E-state index is 0.0994. The number of rotatable bonds is 5. The van der Waals surface area contributed by atoms with Gasteiger partial charge in [-0.05, 0) is 73.8 Å². The molecule has 1 heterocycles. The van der Waals surface area contributed by atoms with E-state index in [1.165, 1.54) is 0 Å². The van der Waals surface area contributed by atoms with Gasteiger partial charge in [0.05, 0.1) is 10.7 Å². The predicted octanol–water partition coefficient (Wildman–Crippen LogP) is 3.46. The van der Waals surface area contributed by atoms with Crippen LogP contribution in [0.3, 0.4) is 0 Å². The predicted molar refractivity (Wildman–Crippen MR) is 128 cm³/mol. The number of hydrogen-bond donors (Lipinski definition) is 3. The summed E-state index contributed by atoms with van der Waals surface area (Å²) in [7, 11) is 0. The number of carbonyl (C=O) groups is 2. The van der Waals surface area contributed by atoms with Crippen LogP contribution in [0, 0.1) is 17.3 Å². The Hall–Kier alpha value is -3.15. The van der Waals surface area contributed by atoms with Crippen LogP contribution in [0.25, 0.3) is 23.5 Å². The standard InChI is InChI=1S/C26H32N4O2/c1-26(2,3)19-11-7-18(8-12-19)25(32)28-20-13-9-17(10-14-20)24-29-22-6-4-5-21(27-16-31)15-23(22)30-24/h5-6,9-10,13-16,18-19H,4,7-8,11-12H2,1-3H3,(H,27,31)(H,28,32)(H,29,30). The minimum Gasteiger partial charge on any atom is -0.338 e. The maximum absolute atomic E-state index is 12.8. The number of benzene rings is 1. The van der Waals surface area contributed by atoms with Crippen LogP contribution in [0.15, 0.2) is 36.0 Å². The van der Waals surface area contributed by atoms with E-state index < -0.39 is 0 Å². The lowest BCUT2D eigenvalue weighted by Crippen LogP contribution is -2.31. The highest BCUT2D eigenvalue weighted by atomic mass is 16.2. The third-order valence-electron chi connectivity index (χ3n) is 6.68. The Kier molecular flexibility index (Phi) is 6.31. The minimum atomic E-state index is 0.0994. The second-order valence-corrected chi connectivity index (χ2v) is 9.87. The van der Waals surface area contributed by atoms with E-state index in [0.717, 1.165) is 59.2 Å². The highest BCUT2D eigenvalue weighted by Crippen LogP contribution is 2.40. The van der Waals surface area contributed by atoms with E-state index in [1.807, 2.05) is 42.5 Å². The summed E-state index contributed by atoms with van der Waals surface area (Å²) in [6.07, 6.45) is 11.4. The van der Waals surface area contributed by atoms with Gasteiger partial charge < -0.3 is 15.6 Å². The SMILES string of the molecule is CC(C)(C)C1CCC(C(=O)Nc2ccc(-c3nc4c([nH]3)=CC(NC=O)=CCC=4)cc2)CC1. The van der Waals surface area contributed by atoms with Crippen LogP contribution in [-0.4, -0.2) is 22.3 Å². The van der Waals surface area contributed by atoms with Gasteiger partial charge in [0.2, 0.25) is 12.3 Å². The van der Waals surface area contributed by atoms with Crippen molar-refractivity contribution in [2.75, 3.05) is 5.32 Å². The summed E-state index contributed by atoms with van der Waals surface area (Å²) in [5.74, 6) is 1.68. The third-order valence-corrected chi connectivity index (χ3v) is 6.68. The van der Waals surface area contributed by atoms with Gasteiger partial charge in [-0.2, -0.15) is 0 Å². The lowest BCUT2D eigenvalue weighted by molar-refractivity contribution is -0.121. The number of fused-ring (bicyclic) bond motifs is 1. The van der Waals surface area contributed by atoms with Crippen LogP contribution in [-0.2, 0) is 9.59 Å². The fourth-order valence-electron chi connectivity index (χ4n) is 4.66. The van der Waals surface area contributed by atoms with Gasteiger partial charge in [0, 0.05) is 22.9 Å². The number of hydrogen-bond acceptors (Lipinski definition) is 3. The molecule has 0 saturated heterocycles. The molecule has 32 heavy (non-hydrogen) atoms. The van der Waals surface area contributed by atoms with E-state index >= 15 is 0 Å². The van der Waals surface area contributed by atoms with Gasteiger partial charge in [-0.1, -0.05) is 32.9 Å². The molecule has 2 aliphatic carbocycles. The molecule has 3 N–H and O–H groups in total. The molecular formula is C26H32N4O2. The van der Waals surface area contributed by atoms with Crippen molar-refractivity contribution >= 4 is 30.2 Å². The van der Waals surface area contributed by atoms with Gasteiger partial charge in [-0.3, -0.25) is 9.59 Å². The number of aromatic amines is 1. The van der Waals surface area contributed by atoms with Crippen LogP contribution in [0.2, 0.25) is 0 Å². The number of anilines is 1. The van der Waals surface area contributed by atoms with Crippen LogP contribution >= 0.6 is 0 Å². The zero-order chi connectivity index (χ0) is 22.7. The Morgan fingerprint density at radius 2 is 1.81 bits per heavy atom. The summed E-state index contributed by atoms with van der Waals surface area (Å²) < 4.78 is 0. The number of imidazole rings is 1. The Morgan fingerprint density at radius 1 is 1.09 bits per heavy atom. The van der Waals surface area contributed by atoms with Gasteiger partial charge in [0.1, 0.15) is 5.82 Å². The van der Waals surface area contributed by atoms with Crippen molar-refractivity contribution in [3.63, 3.8) is 0 Å². The molecule has 2 aromatic rings. The Labute approximate surface area is 188 Å². The molecule has 6 heteroatoms. The molecule has 1 saturated carbocycles. The van der Waals surface area contributed by atoms with Crippen LogP contribution < -0.4 is 21.3 Å². The number of nitrogens with zero attached hydrogens (tertiary/aromatic N) is 1. The first-order valence-corrected chi connectivity index (χ1v) is 11.4. The molecular weight excluding hydrogens is 400 g/mol. The number of carbonyl (C=O) groups excluding carboxylic acids is 2. The van der Waals surface area contributed by atoms with Crippen molar-refractivity contribution in [1.29, 1.82) is 0 Å². The Bertz CT molecular complexity index is 1130. The molecule has 0 spiro atoms. The molecule has 6 nitrogen and oxygen atoms in total. The summed E-state index contributed by atoms with van der Waals surface area (Å²) in [5.41, 5.74) is 2.82. The van der Waals surface area contributed by atoms with Crippen molar-refractivity contribution in [3.8, 4) is 11.4 Å². The van der Waals surface area contributed by atoms with Crippen molar-refractivity contribution in [2.45, 2.75) is 52.9 Å². The van der Waals surface area contributed by atoms with Crippen LogP contribution in [0.5, 0.6) is 0 Å². The van der Waals surface area contributed by atoms with Crippen LogP contribution in [0.1, 0.15) is 52.9 Å². The Morgan fingerprint density at radius 3 is 2.47 bits per heavy atom. The molecule has 0 radical (unpaired) electrons. The highest BCUT2D eigenvalue weighted by Gasteiger charge is 2.32. The number of aromatic nitrogens is 2. The summed E-state index contributed by atoms with van der Waals surface area (Å²) in [6.45, 7) is 6.89. The fourth-order valence-corrected chi connectivity index (χ4v) is 4.66. The molecule has 4 rings (SSSR count). The van der Waals surface area contributed by atoms with Gasteiger partial charge in [-0.25, -0.2) is 4.98 Å². The van der Waals surface area contributed by atoms with Gasteiger partial charge in [0.15, 0.2) is 0 Å². The molecule has 0 atom stereocenters. The average molecular weight is 433 g/mol. The van der Waals surface area contributed by atoms with E-state index in [9.17, 15) is 9.59 Å². The molecule has 2 aliphatic rings. The van der Waals surface area contributed by atoms with E-state index in [0.29, 0.717) is 24.2 Å². The highest BCUT2D eigenvalue weighted by molar-refractivity contribution is 5.92. The second-order valence-electron chi connectivity index (χ2n) is 9.87. The maximum atomic E-state index is 12.8. The van der Waals surface area contributed by atoms with Gasteiger partial charge >= 0.3 is 0 Å². The van der Waals surface area contributed by atoms with Gasteiger partial charge in [0.25, 0.3) is 0 Å². The number of nitrogens with one attached hydrogen (secondary N) is 3. The summed E-state index contributed by atoms with van der Waals surface area (Å²) in [5, 5.41) is 7.51. The molecule has 0 unspecified atom stereocenters. The molecule has 0 aliphatic heterocycles. The van der Waals surface area contributed by atoms with E-state index in [1.54, 1.807) is 0 Å². The van der Waals surface area contributed by atoms with Crippen molar-refractivity contribution in [1.82, 2.24) is 15.3 Å². The summed E-state index contributed by atoms with van der Waals surface area (Å²) >= 11 is 0. The zero-order valence-corrected chi connectivity index (χ0v) is 19.1. The first-order valence-electron chi connectivity index (χ1n) is 11.4. The first-order chi connectivity index (χ1) is 15.3.